The Labute approximate surface area is 213 Å². The van der Waals surface area contributed by atoms with Gasteiger partial charge in [0.05, 0.1) is 17.2 Å². The second-order valence-electron chi connectivity index (χ2n) is 7.61. The predicted octanol–water partition coefficient (Wildman–Crippen LogP) is 4.17. The van der Waals surface area contributed by atoms with E-state index in [1.807, 2.05) is 0 Å². The van der Waals surface area contributed by atoms with Crippen LogP contribution >= 0.6 is 11.6 Å². The monoisotopic (exact) mass is 527 g/mol. The number of carboxylic acids is 1. The van der Waals surface area contributed by atoms with Gasteiger partial charge >= 0.3 is 5.97 Å². The quantitative estimate of drug-likeness (QED) is 0.382. The zero-order valence-corrected chi connectivity index (χ0v) is 20.7. The number of amides is 1. The smallest absolute Gasteiger partial charge is 0.341 e. The van der Waals surface area contributed by atoms with E-state index in [-0.39, 0.29) is 22.8 Å². The third kappa shape index (κ3) is 6.53. The van der Waals surface area contributed by atoms with Gasteiger partial charge in [0.25, 0.3) is 10.0 Å². The van der Waals surface area contributed by atoms with Gasteiger partial charge in [0, 0.05) is 11.6 Å². The van der Waals surface area contributed by atoms with Crippen LogP contribution in [-0.4, -0.2) is 38.6 Å². The normalized spacial score (nSPS) is 10.8. The fraction of sp³-hybridized carbons (Fsp3) is 0.160. The standard InChI is InChI=1S/C25H22ClN3O6S/c1-17-22(26)7-4-8-23(17)29(36(33,34)21-11-9-19(27-2)10-12-21)15-24(30)28-14-18-5-3-6-20(13-18)35-16-25(31)32/h3-13H,14-16H2,1H3,(H,28,30)(H,31,32). The first kappa shape index (κ1) is 26.5. The molecule has 36 heavy (non-hydrogen) atoms. The van der Waals surface area contributed by atoms with E-state index in [0.29, 0.717) is 21.9 Å². The number of hydrogen-bond acceptors (Lipinski definition) is 5. The number of rotatable bonds is 10. The zero-order chi connectivity index (χ0) is 26.3. The Morgan fingerprint density at radius 1 is 1.11 bits per heavy atom. The molecule has 0 radical (unpaired) electrons. The van der Waals surface area contributed by atoms with Crippen LogP contribution in [0.4, 0.5) is 11.4 Å². The highest BCUT2D eigenvalue weighted by Crippen LogP contribution is 2.31. The van der Waals surface area contributed by atoms with E-state index in [0.717, 1.165) is 4.31 Å². The molecule has 0 aromatic heterocycles. The molecular weight excluding hydrogens is 506 g/mol. The zero-order valence-electron chi connectivity index (χ0n) is 19.1. The van der Waals surface area contributed by atoms with Crippen molar-refractivity contribution in [2.45, 2.75) is 18.4 Å². The molecule has 186 valence electrons. The van der Waals surface area contributed by atoms with Gasteiger partial charge in [0.1, 0.15) is 12.3 Å². The number of carboxylic acid groups (broad SMARTS) is 1. The van der Waals surface area contributed by atoms with E-state index in [2.05, 4.69) is 10.2 Å². The lowest BCUT2D eigenvalue weighted by Crippen LogP contribution is -2.41. The number of nitrogens with one attached hydrogen (secondary N) is 1. The van der Waals surface area contributed by atoms with Crippen LogP contribution in [0.3, 0.4) is 0 Å². The molecule has 1 amide bonds. The van der Waals surface area contributed by atoms with Crippen LogP contribution in [0.1, 0.15) is 11.1 Å². The van der Waals surface area contributed by atoms with Crippen LogP contribution in [0.15, 0.2) is 71.6 Å². The summed E-state index contributed by atoms with van der Waals surface area (Å²) < 4.78 is 33.2. The van der Waals surface area contributed by atoms with Gasteiger partial charge in [0.15, 0.2) is 12.3 Å². The molecule has 0 aliphatic carbocycles. The number of sulfonamides is 1. The lowest BCUT2D eigenvalue weighted by Gasteiger charge is -2.26. The van der Waals surface area contributed by atoms with Crippen molar-refractivity contribution in [2.24, 2.45) is 0 Å². The SMILES string of the molecule is [C-]#[N+]c1ccc(S(=O)(=O)N(CC(=O)NCc2cccc(OCC(=O)O)c2)c2cccc(Cl)c2C)cc1. The molecule has 0 aliphatic rings. The number of nitrogens with zero attached hydrogens (tertiary/aromatic N) is 2. The number of halogens is 1. The number of carbonyl (C=O) groups excluding carboxylic acids is 1. The first-order chi connectivity index (χ1) is 17.1. The van der Waals surface area contributed by atoms with Gasteiger partial charge in [-0.1, -0.05) is 54.1 Å². The van der Waals surface area contributed by atoms with Crippen LogP contribution in [0.25, 0.3) is 4.85 Å². The molecule has 2 N–H and O–H groups in total. The minimum absolute atomic E-state index is 0.0607. The summed E-state index contributed by atoms with van der Waals surface area (Å²) in [6.07, 6.45) is 0. The fourth-order valence-corrected chi connectivity index (χ4v) is 4.91. The molecule has 3 aromatic rings. The molecule has 0 unspecified atom stereocenters. The third-order valence-electron chi connectivity index (χ3n) is 5.10. The van der Waals surface area contributed by atoms with Gasteiger partial charge in [-0.3, -0.25) is 9.10 Å². The highest BCUT2D eigenvalue weighted by atomic mass is 35.5. The van der Waals surface area contributed by atoms with Gasteiger partial charge in [-0.2, -0.15) is 0 Å². The van der Waals surface area contributed by atoms with E-state index in [9.17, 15) is 18.0 Å². The first-order valence-corrected chi connectivity index (χ1v) is 12.4. The second kappa shape index (κ2) is 11.6. The highest BCUT2D eigenvalue weighted by Gasteiger charge is 2.28. The Morgan fingerprint density at radius 3 is 2.47 bits per heavy atom. The molecule has 9 nitrogen and oxygen atoms in total. The summed E-state index contributed by atoms with van der Waals surface area (Å²) in [7, 11) is -4.18. The third-order valence-corrected chi connectivity index (χ3v) is 7.28. The molecule has 0 atom stereocenters. The molecule has 0 aliphatic heterocycles. The first-order valence-electron chi connectivity index (χ1n) is 10.6. The molecule has 3 rings (SSSR count). The molecule has 0 spiro atoms. The Hall–Kier alpha value is -4.07. The maximum absolute atomic E-state index is 13.5. The fourth-order valence-electron chi connectivity index (χ4n) is 3.26. The van der Waals surface area contributed by atoms with Crippen molar-refractivity contribution in [1.82, 2.24) is 5.32 Å². The Kier molecular flexibility index (Phi) is 8.53. The van der Waals surface area contributed by atoms with Crippen molar-refractivity contribution in [3.63, 3.8) is 0 Å². The van der Waals surface area contributed by atoms with Crippen molar-refractivity contribution < 1.29 is 27.9 Å². The largest absolute Gasteiger partial charge is 0.482 e. The summed E-state index contributed by atoms with van der Waals surface area (Å²) in [6, 6.07) is 16.7. The molecule has 3 aromatic carbocycles. The minimum Gasteiger partial charge on any atom is -0.482 e. The number of anilines is 1. The van der Waals surface area contributed by atoms with E-state index >= 15 is 0 Å². The maximum Gasteiger partial charge on any atom is 0.341 e. The van der Waals surface area contributed by atoms with Crippen LogP contribution < -0.4 is 14.4 Å². The Bertz CT molecular complexity index is 1420. The van der Waals surface area contributed by atoms with Crippen molar-refractivity contribution in [1.29, 1.82) is 0 Å². The summed E-state index contributed by atoms with van der Waals surface area (Å²) in [5.74, 6) is -1.37. The molecule has 0 bridgehead atoms. The number of carbonyl (C=O) groups is 2. The van der Waals surface area contributed by atoms with E-state index < -0.39 is 35.1 Å². The summed E-state index contributed by atoms with van der Waals surface area (Å²) in [4.78, 5) is 26.8. The summed E-state index contributed by atoms with van der Waals surface area (Å²) in [6.45, 7) is 7.76. The van der Waals surface area contributed by atoms with Crippen molar-refractivity contribution in [3.8, 4) is 5.75 Å². The summed E-state index contributed by atoms with van der Waals surface area (Å²) in [5, 5.41) is 11.8. The molecule has 0 fully saturated rings. The molecule has 0 saturated heterocycles. The van der Waals surface area contributed by atoms with E-state index in [1.54, 1.807) is 49.4 Å². The molecule has 0 saturated carbocycles. The average molecular weight is 528 g/mol. The number of benzene rings is 3. The lowest BCUT2D eigenvalue weighted by molar-refractivity contribution is -0.139. The van der Waals surface area contributed by atoms with Crippen LogP contribution in [0.5, 0.6) is 5.75 Å². The summed E-state index contributed by atoms with van der Waals surface area (Å²) >= 11 is 6.23. The minimum atomic E-state index is -4.18. The second-order valence-corrected chi connectivity index (χ2v) is 9.88. The highest BCUT2D eigenvalue weighted by molar-refractivity contribution is 7.92. The number of aliphatic carboxylic acids is 1. The van der Waals surface area contributed by atoms with Crippen molar-refractivity contribution in [3.05, 3.63) is 94.3 Å². The predicted molar refractivity (Wildman–Crippen MR) is 135 cm³/mol. The molecule has 11 heteroatoms. The van der Waals surface area contributed by atoms with E-state index in [4.69, 9.17) is 28.0 Å². The number of ether oxygens (including phenoxy) is 1. The van der Waals surface area contributed by atoms with Crippen LogP contribution in [0, 0.1) is 13.5 Å². The van der Waals surface area contributed by atoms with Crippen LogP contribution in [0.2, 0.25) is 5.02 Å². The topological polar surface area (TPSA) is 117 Å². The maximum atomic E-state index is 13.5. The van der Waals surface area contributed by atoms with Crippen molar-refractivity contribution >= 4 is 44.9 Å². The van der Waals surface area contributed by atoms with Gasteiger partial charge in [0.2, 0.25) is 5.91 Å². The van der Waals surface area contributed by atoms with Crippen molar-refractivity contribution in [2.75, 3.05) is 17.5 Å². The molecular formula is C25H22ClN3O6S. The van der Waals surface area contributed by atoms with Gasteiger partial charge < -0.3 is 15.2 Å². The molecule has 0 heterocycles. The Morgan fingerprint density at radius 2 is 1.81 bits per heavy atom. The average Bonchev–Trinajstić information content (AvgIpc) is 2.87. The van der Waals surface area contributed by atoms with Gasteiger partial charge in [-0.25, -0.2) is 18.1 Å². The Balaban J connectivity index is 1.84. The van der Waals surface area contributed by atoms with Gasteiger partial charge in [-0.05, 0) is 42.3 Å². The number of hydrogen-bond donors (Lipinski definition) is 2. The van der Waals surface area contributed by atoms with Crippen LogP contribution in [-0.2, 0) is 26.2 Å². The lowest BCUT2D eigenvalue weighted by atomic mass is 10.2. The van der Waals surface area contributed by atoms with E-state index in [1.165, 1.54) is 24.3 Å². The van der Waals surface area contributed by atoms with Gasteiger partial charge in [-0.15, -0.1) is 0 Å². The summed E-state index contributed by atoms with van der Waals surface area (Å²) in [5.41, 5.74) is 1.65.